The van der Waals surface area contributed by atoms with Crippen LogP contribution in [-0.2, 0) is 20.9 Å². The molecule has 2 aromatic carbocycles. The van der Waals surface area contributed by atoms with Crippen molar-refractivity contribution in [3.05, 3.63) is 59.9 Å². The summed E-state index contributed by atoms with van der Waals surface area (Å²) in [6, 6.07) is 11.8. The molecule has 1 aromatic heterocycles. The molecule has 0 aliphatic carbocycles. The summed E-state index contributed by atoms with van der Waals surface area (Å²) in [6.07, 6.45) is 1.48. The molecule has 1 aliphatic rings. The summed E-state index contributed by atoms with van der Waals surface area (Å²) in [5.74, 6) is -0.151. The first kappa shape index (κ1) is 27.2. The van der Waals surface area contributed by atoms with Crippen LogP contribution < -0.4 is 10.1 Å². The molecule has 2 atom stereocenters. The van der Waals surface area contributed by atoms with Gasteiger partial charge in [-0.25, -0.2) is 4.39 Å². The van der Waals surface area contributed by atoms with E-state index in [0.29, 0.717) is 23.5 Å². The zero-order valence-electron chi connectivity index (χ0n) is 22.1. The van der Waals surface area contributed by atoms with Gasteiger partial charge in [0.25, 0.3) is 0 Å². The van der Waals surface area contributed by atoms with E-state index in [0.717, 1.165) is 12.8 Å². The van der Waals surface area contributed by atoms with Gasteiger partial charge in [-0.2, -0.15) is 4.80 Å². The summed E-state index contributed by atoms with van der Waals surface area (Å²) >= 11 is 0. The Balaban J connectivity index is 1.64. The van der Waals surface area contributed by atoms with Crippen molar-refractivity contribution >= 4 is 11.8 Å². The minimum Gasteiger partial charge on any atom is -0.497 e. The minimum atomic E-state index is -0.920. The topological polar surface area (TPSA) is 111 Å². The molecule has 11 heteroatoms. The number of rotatable bonds is 9. The molecule has 2 heterocycles. The zero-order valence-corrected chi connectivity index (χ0v) is 22.1. The monoisotopic (exact) mass is 524 g/mol. The summed E-state index contributed by atoms with van der Waals surface area (Å²) in [4.78, 5) is 30.1. The zero-order chi connectivity index (χ0) is 27.3. The van der Waals surface area contributed by atoms with Crippen LogP contribution in [0.15, 0.2) is 48.5 Å². The average molecular weight is 525 g/mol. The lowest BCUT2D eigenvalue weighted by Crippen LogP contribution is -2.51. The van der Waals surface area contributed by atoms with E-state index in [-0.39, 0.29) is 42.6 Å². The summed E-state index contributed by atoms with van der Waals surface area (Å²) in [5.41, 5.74) is 0.692. The van der Waals surface area contributed by atoms with E-state index >= 15 is 0 Å². The molecule has 1 fully saturated rings. The van der Waals surface area contributed by atoms with Gasteiger partial charge in [-0.1, -0.05) is 12.1 Å². The van der Waals surface area contributed by atoms with Gasteiger partial charge in [-0.3, -0.25) is 9.59 Å². The van der Waals surface area contributed by atoms with Gasteiger partial charge in [-0.05, 0) is 80.8 Å². The highest BCUT2D eigenvalue weighted by Crippen LogP contribution is 2.27. The van der Waals surface area contributed by atoms with Crippen molar-refractivity contribution in [2.45, 2.75) is 57.8 Å². The summed E-state index contributed by atoms with van der Waals surface area (Å²) in [6.45, 7) is 6.26. The Bertz CT molecular complexity index is 1230. The quantitative estimate of drug-likeness (QED) is 0.458. The number of tetrazole rings is 1. The third kappa shape index (κ3) is 6.91. The maximum atomic E-state index is 13.8. The molecular weight excluding hydrogens is 491 g/mol. The van der Waals surface area contributed by atoms with E-state index in [9.17, 15) is 14.0 Å². The molecule has 0 unspecified atom stereocenters. The number of nitrogens with zero attached hydrogens (tertiary/aromatic N) is 5. The molecule has 3 aromatic rings. The van der Waals surface area contributed by atoms with Crippen LogP contribution in [0.4, 0.5) is 4.39 Å². The third-order valence-electron chi connectivity index (χ3n) is 6.07. The van der Waals surface area contributed by atoms with Crippen molar-refractivity contribution in [3.8, 4) is 17.1 Å². The third-order valence-corrected chi connectivity index (χ3v) is 6.07. The number of ether oxygens (including phenoxy) is 2. The number of hydrogen-bond donors (Lipinski definition) is 1. The number of halogens is 1. The Morgan fingerprint density at radius 1 is 1.18 bits per heavy atom. The summed E-state index contributed by atoms with van der Waals surface area (Å²) in [7, 11) is 1.57. The van der Waals surface area contributed by atoms with Gasteiger partial charge in [0.15, 0.2) is 0 Å². The summed E-state index contributed by atoms with van der Waals surface area (Å²) in [5, 5.41) is 15.3. The SMILES string of the molecule is COc1ccc([C@H](C(=O)NC(C)(C)C)N(C[C@H]2CCCO2)C(=O)Cn2nnc(-c3ccc(F)cc3)n2)cc1. The van der Waals surface area contributed by atoms with E-state index in [2.05, 4.69) is 20.7 Å². The number of carbonyl (C=O) groups is 2. The largest absolute Gasteiger partial charge is 0.497 e. The molecule has 0 radical (unpaired) electrons. The number of methoxy groups -OCH3 is 1. The molecule has 1 saturated heterocycles. The van der Waals surface area contributed by atoms with Crippen LogP contribution in [-0.4, -0.2) is 68.8 Å². The first-order chi connectivity index (χ1) is 18.1. The van der Waals surface area contributed by atoms with E-state index in [4.69, 9.17) is 9.47 Å². The molecule has 0 saturated carbocycles. The molecule has 38 heavy (non-hydrogen) atoms. The van der Waals surface area contributed by atoms with Crippen LogP contribution in [0.3, 0.4) is 0 Å². The Labute approximate surface area is 221 Å². The van der Waals surface area contributed by atoms with Crippen LogP contribution in [0.5, 0.6) is 5.75 Å². The van der Waals surface area contributed by atoms with Gasteiger partial charge >= 0.3 is 0 Å². The van der Waals surface area contributed by atoms with Crippen LogP contribution in [0.1, 0.15) is 45.2 Å². The first-order valence-corrected chi connectivity index (χ1v) is 12.5. The molecule has 0 bridgehead atoms. The van der Waals surface area contributed by atoms with Gasteiger partial charge in [0.05, 0.1) is 13.2 Å². The van der Waals surface area contributed by atoms with Gasteiger partial charge in [-0.15, -0.1) is 10.2 Å². The van der Waals surface area contributed by atoms with Gasteiger partial charge in [0.1, 0.15) is 24.2 Å². The number of amides is 2. The Kier molecular flexibility index (Phi) is 8.35. The molecule has 4 rings (SSSR count). The fourth-order valence-corrected chi connectivity index (χ4v) is 4.29. The number of carbonyl (C=O) groups excluding carboxylic acids is 2. The maximum absolute atomic E-state index is 13.8. The summed E-state index contributed by atoms with van der Waals surface area (Å²) < 4.78 is 24.4. The van der Waals surface area contributed by atoms with Gasteiger partial charge < -0.3 is 19.7 Å². The number of aromatic nitrogens is 4. The van der Waals surface area contributed by atoms with Crippen molar-refractivity contribution < 1.29 is 23.5 Å². The van der Waals surface area contributed by atoms with Crippen LogP contribution in [0.2, 0.25) is 0 Å². The van der Waals surface area contributed by atoms with E-state index in [1.165, 1.54) is 21.8 Å². The number of nitrogens with one attached hydrogen (secondary N) is 1. The first-order valence-electron chi connectivity index (χ1n) is 12.5. The van der Waals surface area contributed by atoms with Gasteiger partial charge in [0, 0.05) is 24.3 Å². The van der Waals surface area contributed by atoms with Crippen molar-refractivity contribution in [2.24, 2.45) is 0 Å². The highest BCUT2D eigenvalue weighted by Gasteiger charge is 2.36. The minimum absolute atomic E-state index is 0.194. The van der Waals surface area contributed by atoms with Crippen LogP contribution >= 0.6 is 0 Å². The fraction of sp³-hybridized carbons (Fsp3) is 0.444. The van der Waals surface area contributed by atoms with Crippen molar-refractivity contribution in [3.63, 3.8) is 0 Å². The molecule has 0 spiro atoms. The smallest absolute Gasteiger partial charge is 0.247 e. The Morgan fingerprint density at radius 2 is 1.89 bits per heavy atom. The highest BCUT2D eigenvalue weighted by atomic mass is 19.1. The Hall–Kier alpha value is -3.86. The lowest BCUT2D eigenvalue weighted by Gasteiger charge is -2.35. The van der Waals surface area contributed by atoms with E-state index in [1.54, 1.807) is 43.5 Å². The molecule has 202 valence electrons. The maximum Gasteiger partial charge on any atom is 0.247 e. The van der Waals surface area contributed by atoms with Crippen molar-refractivity contribution in [2.75, 3.05) is 20.3 Å². The van der Waals surface area contributed by atoms with Crippen molar-refractivity contribution in [1.82, 2.24) is 30.4 Å². The molecule has 2 amide bonds. The molecule has 1 aliphatic heterocycles. The van der Waals surface area contributed by atoms with Gasteiger partial charge in [0.2, 0.25) is 17.6 Å². The van der Waals surface area contributed by atoms with Crippen LogP contribution in [0.25, 0.3) is 11.4 Å². The normalized spacial score (nSPS) is 16.2. The lowest BCUT2D eigenvalue weighted by atomic mass is 10.0. The second-order valence-electron chi connectivity index (χ2n) is 10.2. The number of benzene rings is 2. The molecule has 1 N–H and O–H groups in total. The highest BCUT2D eigenvalue weighted by molar-refractivity contribution is 5.89. The second kappa shape index (κ2) is 11.7. The van der Waals surface area contributed by atoms with Crippen LogP contribution in [0, 0.1) is 5.82 Å². The van der Waals surface area contributed by atoms with E-state index in [1.807, 2.05) is 20.8 Å². The standard InChI is InChI=1S/C27H33FN6O4/c1-27(2,3)29-26(36)24(18-9-13-21(37-4)14-10-18)33(16-22-6-5-15-38-22)23(35)17-34-31-25(30-32-34)19-7-11-20(28)12-8-19/h7-14,22,24H,5-6,15-17H2,1-4H3,(H,29,36)/t22-,24-/m1/s1. The Morgan fingerprint density at radius 3 is 2.50 bits per heavy atom. The average Bonchev–Trinajstić information content (AvgIpc) is 3.56. The lowest BCUT2D eigenvalue weighted by molar-refractivity contribution is -0.144. The number of hydrogen-bond acceptors (Lipinski definition) is 7. The fourth-order valence-electron chi connectivity index (χ4n) is 4.29. The molecule has 10 nitrogen and oxygen atoms in total. The van der Waals surface area contributed by atoms with E-state index < -0.39 is 11.6 Å². The second-order valence-corrected chi connectivity index (χ2v) is 10.2. The molecular formula is C27H33FN6O4. The predicted molar refractivity (Wildman–Crippen MR) is 138 cm³/mol. The van der Waals surface area contributed by atoms with Crippen molar-refractivity contribution in [1.29, 1.82) is 0 Å². The predicted octanol–water partition coefficient (Wildman–Crippen LogP) is 3.15.